The van der Waals surface area contributed by atoms with Crippen LogP contribution in [0.2, 0.25) is 5.02 Å². The quantitative estimate of drug-likeness (QED) is 0.727. The van der Waals surface area contributed by atoms with Gasteiger partial charge in [-0.3, -0.25) is 14.2 Å². The van der Waals surface area contributed by atoms with Crippen molar-refractivity contribution in [3.63, 3.8) is 0 Å². The standard InChI is InChI=1S/C18H17ClN2O3S/c1-3-21-15-9-6-13(10-16(15)25-18(21)23)20-17(22)11(2)24-14-7-4-12(19)5-8-14/h4-11H,3H2,1-2H3,(H,20,22)/t11-/m1/s1. The van der Waals surface area contributed by atoms with Gasteiger partial charge < -0.3 is 10.1 Å². The summed E-state index contributed by atoms with van der Waals surface area (Å²) < 4.78 is 8.16. The lowest BCUT2D eigenvalue weighted by Crippen LogP contribution is -2.30. The molecule has 0 saturated heterocycles. The molecule has 1 atom stereocenters. The zero-order chi connectivity index (χ0) is 18.0. The van der Waals surface area contributed by atoms with Crippen molar-refractivity contribution >= 4 is 44.7 Å². The Morgan fingerprint density at radius 2 is 2.00 bits per heavy atom. The second-order valence-corrected chi connectivity index (χ2v) is 6.93. The van der Waals surface area contributed by atoms with Crippen molar-refractivity contribution in [2.45, 2.75) is 26.5 Å². The van der Waals surface area contributed by atoms with E-state index in [4.69, 9.17) is 16.3 Å². The SMILES string of the molecule is CCn1c(=O)sc2cc(NC(=O)[C@@H](C)Oc3ccc(Cl)cc3)ccc21. The Morgan fingerprint density at radius 3 is 2.68 bits per heavy atom. The fraction of sp³-hybridized carbons (Fsp3) is 0.222. The number of thiazole rings is 1. The van der Waals surface area contributed by atoms with E-state index in [-0.39, 0.29) is 10.8 Å². The Kier molecular flexibility index (Phi) is 5.11. The minimum Gasteiger partial charge on any atom is -0.481 e. The molecule has 25 heavy (non-hydrogen) atoms. The molecule has 0 radical (unpaired) electrons. The number of nitrogens with one attached hydrogen (secondary N) is 1. The van der Waals surface area contributed by atoms with E-state index in [2.05, 4.69) is 5.32 Å². The molecule has 5 nitrogen and oxygen atoms in total. The molecular weight excluding hydrogens is 360 g/mol. The van der Waals surface area contributed by atoms with Crippen LogP contribution in [-0.4, -0.2) is 16.6 Å². The normalized spacial score (nSPS) is 12.1. The van der Waals surface area contributed by atoms with Gasteiger partial charge in [0.1, 0.15) is 5.75 Å². The Labute approximate surface area is 153 Å². The molecule has 0 aliphatic heterocycles. The van der Waals surface area contributed by atoms with Crippen LogP contribution in [-0.2, 0) is 11.3 Å². The summed E-state index contributed by atoms with van der Waals surface area (Å²) in [5.74, 6) is 0.303. The van der Waals surface area contributed by atoms with Crippen LogP contribution in [0.4, 0.5) is 5.69 Å². The number of rotatable bonds is 5. The van der Waals surface area contributed by atoms with E-state index in [0.29, 0.717) is 23.0 Å². The topological polar surface area (TPSA) is 60.3 Å². The molecule has 0 aliphatic carbocycles. The van der Waals surface area contributed by atoms with Crippen LogP contribution in [0.1, 0.15) is 13.8 Å². The highest BCUT2D eigenvalue weighted by molar-refractivity contribution is 7.16. The molecule has 2 aromatic carbocycles. The van der Waals surface area contributed by atoms with Crippen LogP contribution in [0.15, 0.2) is 47.3 Å². The van der Waals surface area contributed by atoms with Crippen LogP contribution in [0.3, 0.4) is 0 Å². The molecule has 130 valence electrons. The third-order valence-electron chi connectivity index (χ3n) is 3.75. The molecule has 3 rings (SSSR count). The first-order chi connectivity index (χ1) is 12.0. The monoisotopic (exact) mass is 376 g/mol. The molecule has 0 aliphatic rings. The molecule has 1 heterocycles. The van der Waals surface area contributed by atoms with Gasteiger partial charge in [0.25, 0.3) is 5.91 Å². The Bertz CT molecular complexity index is 963. The maximum absolute atomic E-state index is 12.3. The highest BCUT2D eigenvalue weighted by Crippen LogP contribution is 2.22. The Hall–Kier alpha value is -2.31. The summed E-state index contributed by atoms with van der Waals surface area (Å²) in [4.78, 5) is 24.2. The van der Waals surface area contributed by atoms with Crippen molar-refractivity contribution < 1.29 is 9.53 Å². The highest BCUT2D eigenvalue weighted by atomic mass is 35.5. The van der Waals surface area contributed by atoms with Gasteiger partial charge in [-0.15, -0.1) is 0 Å². The average molecular weight is 377 g/mol. The summed E-state index contributed by atoms with van der Waals surface area (Å²) in [6.45, 7) is 4.23. The van der Waals surface area contributed by atoms with Crippen molar-refractivity contribution in [1.82, 2.24) is 4.57 Å². The van der Waals surface area contributed by atoms with Crippen molar-refractivity contribution in [3.8, 4) is 5.75 Å². The zero-order valence-corrected chi connectivity index (χ0v) is 15.4. The van der Waals surface area contributed by atoms with E-state index in [0.717, 1.165) is 10.2 Å². The maximum atomic E-state index is 12.3. The van der Waals surface area contributed by atoms with Gasteiger partial charge in [-0.1, -0.05) is 22.9 Å². The van der Waals surface area contributed by atoms with Crippen LogP contribution in [0.5, 0.6) is 5.75 Å². The second kappa shape index (κ2) is 7.29. The van der Waals surface area contributed by atoms with Crippen molar-refractivity contribution in [2.75, 3.05) is 5.32 Å². The number of hydrogen-bond acceptors (Lipinski definition) is 4. The number of benzene rings is 2. The number of fused-ring (bicyclic) bond motifs is 1. The Morgan fingerprint density at radius 1 is 1.28 bits per heavy atom. The Balaban J connectivity index is 1.72. The van der Waals surface area contributed by atoms with E-state index < -0.39 is 6.10 Å². The highest BCUT2D eigenvalue weighted by Gasteiger charge is 2.16. The van der Waals surface area contributed by atoms with Gasteiger partial charge in [-0.25, -0.2) is 0 Å². The van der Waals surface area contributed by atoms with Gasteiger partial charge in [0, 0.05) is 17.3 Å². The molecule has 3 aromatic rings. The number of halogens is 1. The molecule has 0 spiro atoms. The van der Waals surface area contributed by atoms with Gasteiger partial charge in [-0.2, -0.15) is 0 Å². The molecule has 0 bridgehead atoms. The minimum absolute atomic E-state index is 0.000385. The smallest absolute Gasteiger partial charge is 0.308 e. The molecular formula is C18H17ClN2O3S. The van der Waals surface area contributed by atoms with Gasteiger partial charge >= 0.3 is 4.87 Å². The summed E-state index contributed by atoms with van der Waals surface area (Å²) in [7, 11) is 0. The van der Waals surface area contributed by atoms with E-state index >= 15 is 0 Å². The summed E-state index contributed by atoms with van der Waals surface area (Å²) in [6, 6.07) is 12.3. The third kappa shape index (κ3) is 3.86. The number of ether oxygens (including phenoxy) is 1. The fourth-order valence-electron chi connectivity index (χ4n) is 2.46. The summed E-state index contributed by atoms with van der Waals surface area (Å²) in [5.41, 5.74) is 1.51. The van der Waals surface area contributed by atoms with Gasteiger partial charge in [-0.05, 0) is 56.3 Å². The minimum atomic E-state index is -0.671. The van der Waals surface area contributed by atoms with E-state index in [1.165, 1.54) is 11.3 Å². The number of aromatic nitrogens is 1. The number of carbonyl (C=O) groups excluding carboxylic acids is 1. The van der Waals surface area contributed by atoms with Gasteiger partial charge in [0.2, 0.25) is 0 Å². The molecule has 0 unspecified atom stereocenters. The first kappa shape index (κ1) is 17.5. The summed E-state index contributed by atoms with van der Waals surface area (Å²) in [5, 5.41) is 3.42. The predicted octanol–water partition coefficient (Wildman–Crippen LogP) is 4.14. The van der Waals surface area contributed by atoms with Crippen LogP contribution in [0.25, 0.3) is 10.2 Å². The first-order valence-corrected chi connectivity index (χ1v) is 9.04. The van der Waals surface area contributed by atoms with Gasteiger partial charge in [0.05, 0.1) is 10.2 Å². The fourth-order valence-corrected chi connectivity index (χ4v) is 3.58. The lowest BCUT2D eigenvalue weighted by molar-refractivity contribution is -0.122. The van der Waals surface area contributed by atoms with Crippen LogP contribution in [0, 0.1) is 0 Å². The molecule has 1 aromatic heterocycles. The van der Waals surface area contributed by atoms with E-state index in [1.807, 2.05) is 13.0 Å². The molecule has 0 fully saturated rings. The van der Waals surface area contributed by atoms with Crippen LogP contribution >= 0.6 is 22.9 Å². The lowest BCUT2D eigenvalue weighted by atomic mass is 10.2. The number of hydrogen-bond donors (Lipinski definition) is 1. The van der Waals surface area contributed by atoms with Crippen molar-refractivity contribution in [1.29, 1.82) is 0 Å². The molecule has 0 saturated carbocycles. The maximum Gasteiger partial charge on any atom is 0.308 e. The third-order valence-corrected chi connectivity index (χ3v) is 4.94. The lowest BCUT2D eigenvalue weighted by Gasteiger charge is -2.15. The van der Waals surface area contributed by atoms with Crippen LogP contribution < -0.4 is 14.9 Å². The second-order valence-electron chi connectivity index (χ2n) is 5.50. The number of nitrogens with zero attached hydrogens (tertiary/aromatic N) is 1. The number of amides is 1. The molecule has 7 heteroatoms. The zero-order valence-electron chi connectivity index (χ0n) is 13.8. The van der Waals surface area contributed by atoms with Gasteiger partial charge in [0.15, 0.2) is 6.10 Å². The number of carbonyl (C=O) groups is 1. The average Bonchev–Trinajstić information content (AvgIpc) is 2.91. The summed E-state index contributed by atoms with van der Waals surface area (Å²) in [6.07, 6.45) is -0.671. The van der Waals surface area contributed by atoms with E-state index in [1.54, 1.807) is 47.9 Å². The van der Waals surface area contributed by atoms with Crippen molar-refractivity contribution in [2.24, 2.45) is 0 Å². The number of aryl methyl sites for hydroxylation is 1. The largest absolute Gasteiger partial charge is 0.481 e. The first-order valence-electron chi connectivity index (χ1n) is 7.84. The number of anilines is 1. The van der Waals surface area contributed by atoms with Crippen molar-refractivity contribution in [3.05, 3.63) is 57.2 Å². The predicted molar refractivity (Wildman–Crippen MR) is 102 cm³/mol. The molecule has 1 amide bonds. The molecule has 1 N–H and O–H groups in total. The van der Waals surface area contributed by atoms with E-state index in [9.17, 15) is 9.59 Å². The summed E-state index contributed by atoms with van der Waals surface area (Å²) >= 11 is 7.00.